The van der Waals surface area contributed by atoms with Gasteiger partial charge < -0.3 is 15.0 Å². The van der Waals surface area contributed by atoms with Crippen LogP contribution in [0.25, 0.3) is 5.57 Å². The minimum absolute atomic E-state index is 0.135. The van der Waals surface area contributed by atoms with Gasteiger partial charge in [0.1, 0.15) is 30.2 Å². The second-order valence-electron chi connectivity index (χ2n) is 9.24. The predicted molar refractivity (Wildman–Crippen MR) is 144 cm³/mol. The molecule has 1 N–H and O–H groups in total. The van der Waals surface area contributed by atoms with E-state index in [-0.39, 0.29) is 5.78 Å². The van der Waals surface area contributed by atoms with Crippen molar-refractivity contribution in [1.82, 2.24) is 4.98 Å². The van der Waals surface area contributed by atoms with E-state index in [2.05, 4.69) is 59.3 Å². The normalized spacial score (nSPS) is 16.3. The van der Waals surface area contributed by atoms with Crippen LogP contribution in [0.2, 0.25) is 6.32 Å². The highest BCUT2D eigenvalue weighted by atomic mass is 16.5. The van der Waals surface area contributed by atoms with E-state index in [0.29, 0.717) is 18.3 Å². The molecule has 4 rings (SSSR count). The van der Waals surface area contributed by atoms with Crippen LogP contribution in [-0.4, -0.2) is 56.7 Å². The number of benzene rings is 1. The maximum atomic E-state index is 13.1. The molecule has 3 heterocycles. The van der Waals surface area contributed by atoms with Gasteiger partial charge in [-0.1, -0.05) is 6.07 Å². The molecule has 0 atom stereocenters. The standard InChI is InChI=1S/C28H34BN4O2/c1-19-9-10-23-25(15-19)32(3)28(31-23)8-6-5-7-26(34)21-16-20(2)30-24(17-21)22-18-33(14-12-29)13-11-27(22)35-4/h8-10,15-18,31H,5-7,11-14H2,1-4H3/q+1/b28-8-. The molecule has 7 heteroatoms. The summed E-state index contributed by atoms with van der Waals surface area (Å²) in [5.41, 5.74) is 6.77. The average Bonchev–Trinajstić information content (AvgIpc) is 3.16. The van der Waals surface area contributed by atoms with Crippen LogP contribution in [0.5, 0.6) is 0 Å². The maximum absolute atomic E-state index is 13.1. The van der Waals surface area contributed by atoms with E-state index in [1.54, 1.807) is 7.11 Å². The molecule has 2 radical (unpaired) electrons. The summed E-state index contributed by atoms with van der Waals surface area (Å²) in [7, 11) is 9.51. The summed E-state index contributed by atoms with van der Waals surface area (Å²) in [5.74, 6) is 2.09. The number of allylic oxidation sites excluding steroid dienone is 2. The molecular formula is C28H34BN4O2+. The Morgan fingerprint density at radius 1 is 1.29 bits per heavy atom. The number of carbonyl (C=O) groups is 1. The van der Waals surface area contributed by atoms with Gasteiger partial charge >= 0.3 is 0 Å². The fourth-order valence-corrected chi connectivity index (χ4v) is 4.64. The quantitative estimate of drug-likeness (QED) is 0.245. The summed E-state index contributed by atoms with van der Waals surface area (Å²) in [6, 6.07) is 10.2. The molecule has 0 unspecified atom stereocenters. The molecule has 1 aromatic carbocycles. The number of rotatable bonds is 9. The lowest BCUT2D eigenvalue weighted by Crippen LogP contribution is -2.23. The van der Waals surface area contributed by atoms with E-state index < -0.39 is 0 Å². The molecule has 6 nitrogen and oxygen atoms in total. The lowest BCUT2D eigenvalue weighted by atomic mass is 10.00. The number of unbranched alkanes of at least 4 members (excludes halogenated alkanes) is 1. The molecule has 0 spiro atoms. The van der Waals surface area contributed by atoms with Crippen molar-refractivity contribution in [3.05, 3.63) is 70.5 Å². The number of pyridine rings is 1. The van der Waals surface area contributed by atoms with Crippen molar-refractivity contribution < 1.29 is 14.1 Å². The van der Waals surface area contributed by atoms with E-state index in [0.717, 1.165) is 66.6 Å². The van der Waals surface area contributed by atoms with Gasteiger partial charge in [0.15, 0.2) is 12.0 Å². The molecule has 2 aliphatic rings. The van der Waals surface area contributed by atoms with Gasteiger partial charge in [0.2, 0.25) is 0 Å². The van der Waals surface area contributed by atoms with Crippen molar-refractivity contribution in [1.29, 1.82) is 0 Å². The summed E-state index contributed by atoms with van der Waals surface area (Å²) in [6.45, 7) is 5.68. The molecule has 0 saturated carbocycles. The molecule has 0 saturated heterocycles. The predicted octanol–water partition coefficient (Wildman–Crippen LogP) is 4.89. The molecule has 35 heavy (non-hydrogen) atoms. The van der Waals surface area contributed by atoms with Gasteiger partial charge in [-0.05, 0) is 68.9 Å². The number of carbonyl (C=O) groups excluding carboxylic acids is 1. The second kappa shape index (κ2) is 10.9. The Hall–Kier alpha value is -3.35. The highest BCUT2D eigenvalue weighted by molar-refractivity contribution is 6.09. The van der Waals surface area contributed by atoms with Crippen molar-refractivity contribution >= 4 is 36.8 Å². The first kappa shape index (κ1) is 24.8. The Morgan fingerprint density at radius 3 is 2.89 bits per heavy atom. The van der Waals surface area contributed by atoms with Crippen molar-refractivity contribution in [3.8, 4) is 0 Å². The van der Waals surface area contributed by atoms with Crippen LogP contribution < -0.4 is 10.2 Å². The molecule has 1 aromatic heterocycles. The van der Waals surface area contributed by atoms with Crippen molar-refractivity contribution in [2.45, 2.75) is 45.9 Å². The number of aromatic nitrogens is 1. The molecular weight excluding hydrogens is 435 g/mol. The van der Waals surface area contributed by atoms with E-state index in [1.165, 1.54) is 11.3 Å². The zero-order valence-electron chi connectivity index (χ0n) is 21.2. The van der Waals surface area contributed by atoms with Gasteiger partial charge in [-0.3, -0.25) is 9.78 Å². The lowest BCUT2D eigenvalue weighted by Gasteiger charge is -2.16. The summed E-state index contributed by atoms with van der Waals surface area (Å²) in [4.78, 5) is 19.9. The number of aryl methyl sites for hydroxylation is 2. The molecule has 0 amide bonds. The zero-order chi connectivity index (χ0) is 24.9. The van der Waals surface area contributed by atoms with Crippen molar-refractivity contribution in [2.75, 3.05) is 37.5 Å². The van der Waals surface area contributed by atoms with E-state index >= 15 is 0 Å². The Bertz CT molecular complexity index is 1220. The molecule has 2 aliphatic heterocycles. The topological polar surface area (TPSA) is 57.5 Å². The van der Waals surface area contributed by atoms with Gasteiger partial charge in [0.05, 0.1) is 38.4 Å². The Kier molecular flexibility index (Phi) is 7.74. The van der Waals surface area contributed by atoms with Gasteiger partial charge in [-0.2, -0.15) is 0 Å². The minimum Gasteiger partial charge on any atom is -0.500 e. The third-order valence-electron chi connectivity index (χ3n) is 6.54. The maximum Gasteiger partial charge on any atom is 0.176 e. The average molecular weight is 469 g/mol. The minimum atomic E-state index is 0.135. The number of hydrogen-bond donors (Lipinski definition) is 1. The summed E-state index contributed by atoms with van der Waals surface area (Å²) < 4.78 is 7.83. The number of anilines is 2. The Balaban J connectivity index is 1.43. The number of Topliss-reactive ketones (excluding diaryl/α,β-unsaturated/α-hetero) is 1. The van der Waals surface area contributed by atoms with Gasteiger partial charge in [0.25, 0.3) is 0 Å². The van der Waals surface area contributed by atoms with Gasteiger partial charge in [0, 0.05) is 24.7 Å². The van der Waals surface area contributed by atoms with Crippen LogP contribution in [0.1, 0.15) is 53.0 Å². The fourth-order valence-electron chi connectivity index (χ4n) is 4.64. The van der Waals surface area contributed by atoms with Crippen LogP contribution in [-0.2, 0) is 4.74 Å². The monoisotopic (exact) mass is 469 g/mol. The summed E-state index contributed by atoms with van der Waals surface area (Å²) in [6.07, 6.45) is 7.70. The first-order chi connectivity index (χ1) is 16.9. The number of methoxy groups -OCH3 is 1. The van der Waals surface area contributed by atoms with Crippen LogP contribution in [0.4, 0.5) is 11.4 Å². The zero-order valence-corrected chi connectivity index (χ0v) is 21.2. The lowest BCUT2D eigenvalue weighted by molar-refractivity contribution is -0.519. The Labute approximate surface area is 209 Å². The van der Waals surface area contributed by atoms with E-state index in [1.807, 2.05) is 19.1 Å². The highest BCUT2D eigenvalue weighted by Gasteiger charge is 2.23. The number of ketones is 1. The van der Waals surface area contributed by atoms with Crippen LogP contribution in [0.15, 0.2) is 48.0 Å². The van der Waals surface area contributed by atoms with Crippen molar-refractivity contribution in [3.63, 3.8) is 0 Å². The molecule has 2 aromatic rings. The largest absolute Gasteiger partial charge is 0.500 e. The van der Waals surface area contributed by atoms with Crippen LogP contribution in [0, 0.1) is 13.8 Å². The Morgan fingerprint density at radius 2 is 2.11 bits per heavy atom. The van der Waals surface area contributed by atoms with Gasteiger partial charge in [-0.15, -0.1) is 0 Å². The first-order valence-corrected chi connectivity index (χ1v) is 12.3. The first-order valence-electron chi connectivity index (χ1n) is 12.3. The molecule has 0 aliphatic carbocycles. The number of nitrogens with zero attached hydrogens (tertiary/aromatic N) is 3. The second-order valence-corrected chi connectivity index (χ2v) is 9.24. The van der Waals surface area contributed by atoms with Crippen molar-refractivity contribution in [2.24, 2.45) is 0 Å². The smallest absolute Gasteiger partial charge is 0.176 e. The third kappa shape index (κ3) is 5.67. The summed E-state index contributed by atoms with van der Waals surface area (Å²) >= 11 is 0. The summed E-state index contributed by atoms with van der Waals surface area (Å²) in [5, 5.41) is 3.47. The van der Waals surface area contributed by atoms with Gasteiger partial charge in [-0.25, -0.2) is 4.58 Å². The molecule has 180 valence electrons. The van der Waals surface area contributed by atoms with Crippen LogP contribution in [0.3, 0.4) is 0 Å². The molecule has 0 fully saturated rings. The number of ether oxygens (including phenoxy) is 1. The molecule has 0 bridgehead atoms. The van der Waals surface area contributed by atoms with E-state index in [4.69, 9.17) is 17.6 Å². The number of hydrogen-bond acceptors (Lipinski definition) is 5. The number of fused-ring (bicyclic) bond motifs is 1. The fraction of sp³-hybridized carbons (Fsp3) is 0.393. The third-order valence-corrected chi connectivity index (χ3v) is 6.54. The highest BCUT2D eigenvalue weighted by Crippen LogP contribution is 2.36. The van der Waals surface area contributed by atoms with E-state index in [9.17, 15) is 4.79 Å². The number of nitrogens with one attached hydrogen (secondary N) is 1. The van der Waals surface area contributed by atoms with Crippen LogP contribution >= 0.6 is 0 Å². The SMILES string of the molecule is [B]CC[N+]1=CC(c2cc(C(=O)CCC/C=C3/Nc4ccc(C)cc4N3C)cc(C)n2)=C(OC)CC1.